The van der Waals surface area contributed by atoms with Gasteiger partial charge in [-0.3, -0.25) is 0 Å². The molecule has 1 aliphatic heterocycles. The Balaban J connectivity index is 1.62. The molecule has 0 saturated heterocycles. The van der Waals surface area contributed by atoms with Gasteiger partial charge in [0.05, 0.1) is 6.61 Å². The van der Waals surface area contributed by atoms with Gasteiger partial charge < -0.3 is 4.74 Å². The Labute approximate surface area is 128 Å². The second-order valence-corrected chi connectivity index (χ2v) is 6.72. The molecule has 2 aliphatic rings. The zero-order valence-electron chi connectivity index (χ0n) is 11.3. The van der Waals surface area contributed by atoms with Crippen molar-refractivity contribution < 1.29 is 4.74 Å². The highest BCUT2D eigenvalue weighted by Crippen LogP contribution is 2.48. The van der Waals surface area contributed by atoms with E-state index < -0.39 is 0 Å². The van der Waals surface area contributed by atoms with Crippen LogP contribution in [0.1, 0.15) is 39.4 Å². The van der Waals surface area contributed by atoms with E-state index in [1.165, 1.54) is 28.7 Å². The zero-order chi connectivity index (χ0) is 13.5. The largest absolute Gasteiger partial charge is 0.493 e. The lowest BCUT2D eigenvalue weighted by Crippen LogP contribution is -2.21. The molecule has 0 N–H and O–H groups in total. The molecule has 20 heavy (non-hydrogen) atoms. The first kappa shape index (κ1) is 12.5. The fourth-order valence-corrected chi connectivity index (χ4v) is 4.10. The molecule has 0 bridgehead atoms. The third-order valence-electron chi connectivity index (χ3n) is 4.50. The van der Waals surface area contributed by atoms with Gasteiger partial charge in [0.25, 0.3) is 0 Å². The van der Waals surface area contributed by atoms with Gasteiger partial charge in [-0.2, -0.15) is 0 Å². The Kier molecular flexibility index (Phi) is 3.07. The molecule has 1 heterocycles. The highest BCUT2D eigenvalue weighted by atomic mass is 79.9. The fraction of sp³-hybridized carbons (Fsp3) is 0.333. The van der Waals surface area contributed by atoms with Crippen LogP contribution in [-0.2, 0) is 12.8 Å². The van der Waals surface area contributed by atoms with E-state index in [9.17, 15) is 0 Å². The summed E-state index contributed by atoms with van der Waals surface area (Å²) < 4.78 is 5.70. The Bertz CT molecular complexity index is 650. The van der Waals surface area contributed by atoms with Gasteiger partial charge in [0.15, 0.2) is 0 Å². The van der Waals surface area contributed by atoms with Crippen molar-refractivity contribution in [2.24, 2.45) is 0 Å². The second kappa shape index (κ2) is 4.92. The topological polar surface area (TPSA) is 9.23 Å². The average molecular weight is 329 g/mol. The average Bonchev–Trinajstić information content (AvgIpc) is 2.48. The maximum Gasteiger partial charge on any atom is 0.122 e. The molecule has 2 unspecified atom stereocenters. The van der Waals surface area contributed by atoms with Crippen molar-refractivity contribution in [1.82, 2.24) is 0 Å². The number of hydrogen-bond donors (Lipinski definition) is 0. The fourth-order valence-electron chi connectivity index (χ4n) is 3.34. The van der Waals surface area contributed by atoms with Crippen LogP contribution in [0, 0.1) is 0 Å². The van der Waals surface area contributed by atoms with E-state index in [-0.39, 0.29) is 0 Å². The minimum Gasteiger partial charge on any atom is -0.493 e. The molecule has 2 atom stereocenters. The van der Waals surface area contributed by atoms with E-state index in [1.54, 1.807) is 0 Å². The van der Waals surface area contributed by atoms with Gasteiger partial charge in [0, 0.05) is 10.7 Å². The van der Waals surface area contributed by atoms with E-state index in [0.29, 0.717) is 10.7 Å². The molecule has 4 rings (SSSR count). The van der Waals surface area contributed by atoms with Crippen molar-refractivity contribution in [1.29, 1.82) is 0 Å². The van der Waals surface area contributed by atoms with Crippen LogP contribution in [0.5, 0.6) is 5.75 Å². The number of halogens is 1. The number of hydrogen-bond acceptors (Lipinski definition) is 1. The van der Waals surface area contributed by atoms with Crippen molar-refractivity contribution >= 4 is 15.9 Å². The molecule has 2 aromatic rings. The Morgan fingerprint density at radius 2 is 2.00 bits per heavy atom. The number of ether oxygens (including phenoxy) is 1. The van der Waals surface area contributed by atoms with Gasteiger partial charge in [0.2, 0.25) is 0 Å². The molecule has 0 saturated carbocycles. The summed E-state index contributed by atoms with van der Waals surface area (Å²) in [7, 11) is 0. The van der Waals surface area contributed by atoms with E-state index in [0.717, 1.165) is 25.2 Å². The third kappa shape index (κ3) is 1.98. The lowest BCUT2D eigenvalue weighted by molar-refractivity contribution is 0.288. The molecule has 102 valence electrons. The predicted octanol–water partition coefficient (Wildman–Crippen LogP) is 4.79. The quantitative estimate of drug-likeness (QED) is 0.720. The third-order valence-corrected chi connectivity index (χ3v) is 5.67. The molecule has 1 nitrogen and oxygen atoms in total. The number of fused-ring (bicyclic) bond motifs is 2. The van der Waals surface area contributed by atoms with Gasteiger partial charge in [-0.15, -0.1) is 0 Å². The Morgan fingerprint density at radius 1 is 1.10 bits per heavy atom. The van der Waals surface area contributed by atoms with Crippen LogP contribution in [0.25, 0.3) is 0 Å². The highest BCUT2D eigenvalue weighted by molar-refractivity contribution is 9.09. The second-order valence-electron chi connectivity index (χ2n) is 5.73. The predicted molar refractivity (Wildman–Crippen MR) is 84.8 cm³/mol. The van der Waals surface area contributed by atoms with Crippen molar-refractivity contribution in [3.63, 3.8) is 0 Å². The summed E-state index contributed by atoms with van der Waals surface area (Å²) in [6.45, 7) is 0.861. The zero-order valence-corrected chi connectivity index (χ0v) is 12.9. The molecule has 2 heteroatoms. The number of aryl methyl sites for hydroxylation is 1. The van der Waals surface area contributed by atoms with Crippen molar-refractivity contribution in [2.45, 2.75) is 30.0 Å². The summed E-state index contributed by atoms with van der Waals surface area (Å²) in [4.78, 5) is 0.407. The summed E-state index contributed by atoms with van der Waals surface area (Å²) in [5.41, 5.74) is 5.76. The minimum absolute atomic E-state index is 0.407. The Hall–Kier alpha value is -1.28. The van der Waals surface area contributed by atoms with Crippen LogP contribution in [-0.4, -0.2) is 6.61 Å². The normalized spacial score (nSPS) is 21.1. The van der Waals surface area contributed by atoms with E-state index in [1.807, 2.05) is 0 Å². The molecule has 0 spiro atoms. The first-order chi connectivity index (χ1) is 9.83. The molecular formula is C18H17BrO. The van der Waals surface area contributed by atoms with Gasteiger partial charge >= 0.3 is 0 Å². The molecule has 1 aliphatic carbocycles. The van der Waals surface area contributed by atoms with Crippen LogP contribution in [0.4, 0.5) is 0 Å². The van der Waals surface area contributed by atoms with Crippen LogP contribution >= 0.6 is 15.9 Å². The van der Waals surface area contributed by atoms with E-state index in [4.69, 9.17) is 4.74 Å². The standard InChI is InChI=1S/C18H17BrO/c19-18(16-11-12-4-1-2-6-15(12)16)14-7-8-17-13(10-14)5-3-9-20-17/h1-2,4,6-8,10,16,18H,3,5,9,11H2. The van der Waals surface area contributed by atoms with Gasteiger partial charge in [-0.25, -0.2) is 0 Å². The summed E-state index contributed by atoms with van der Waals surface area (Å²) in [6, 6.07) is 15.5. The molecule has 0 radical (unpaired) electrons. The summed E-state index contributed by atoms with van der Waals surface area (Å²) in [6.07, 6.45) is 3.46. The van der Waals surface area contributed by atoms with Crippen molar-refractivity contribution in [3.8, 4) is 5.75 Å². The molecular weight excluding hydrogens is 312 g/mol. The molecule has 0 aromatic heterocycles. The van der Waals surface area contributed by atoms with Gasteiger partial charge in [0.1, 0.15) is 5.75 Å². The lowest BCUT2D eigenvalue weighted by atomic mass is 9.74. The number of rotatable bonds is 2. The number of benzene rings is 2. The van der Waals surface area contributed by atoms with Crippen LogP contribution < -0.4 is 4.74 Å². The van der Waals surface area contributed by atoms with Gasteiger partial charge in [-0.05, 0) is 47.6 Å². The van der Waals surface area contributed by atoms with Crippen LogP contribution in [0.2, 0.25) is 0 Å². The summed E-state index contributed by atoms with van der Waals surface area (Å²) in [5, 5.41) is 0. The van der Waals surface area contributed by atoms with Crippen LogP contribution in [0.15, 0.2) is 42.5 Å². The summed E-state index contributed by atoms with van der Waals surface area (Å²) >= 11 is 3.92. The molecule has 2 aromatic carbocycles. The SMILES string of the molecule is BrC(c1ccc2c(c1)CCCO2)C1Cc2ccccc21. The van der Waals surface area contributed by atoms with Gasteiger partial charge in [-0.1, -0.05) is 52.3 Å². The van der Waals surface area contributed by atoms with Crippen molar-refractivity contribution in [3.05, 3.63) is 64.7 Å². The lowest BCUT2D eigenvalue weighted by Gasteiger charge is -2.34. The monoisotopic (exact) mass is 328 g/mol. The molecule has 0 fully saturated rings. The number of alkyl halides is 1. The first-order valence-corrected chi connectivity index (χ1v) is 8.22. The molecule has 0 amide bonds. The maximum atomic E-state index is 5.70. The Morgan fingerprint density at radius 3 is 2.90 bits per heavy atom. The van der Waals surface area contributed by atoms with Crippen molar-refractivity contribution in [2.75, 3.05) is 6.61 Å². The minimum atomic E-state index is 0.407. The smallest absolute Gasteiger partial charge is 0.122 e. The maximum absolute atomic E-state index is 5.70. The van der Waals surface area contributed by atoms with Crippen LogP contribution in [0.3, 0.4) is 0 Å². The van der Waals surface area contributed by atoms with E-state index in [2.05, 4.69) is 58.4 Å². The highest BCUT2D eigenvalue weighted by Gasteiger charge is 2.32. The first-order valence-electron chi connectivity index (χ1n) is 7.30. The van der Waals surface area contributed by atoms with E-state index >= 15 is 0 Å². The summed E-state index contributed by atoms with van der Waals surface area (Å²) in [5.74, 6) is 1.68.